The number of carboxylic acids is 1. The van der Waals surface area contributed by atoms with Crippen LogP contribution in [0.25, 0.3) is 0 Å². The van der Waals surface area contributed by atoms with Crippen molar-refractivity contribution in [3.63, 3.8) is 0 Å². The molecule has 2 rings (SSSR count). The number of nitrogens with two attached hydrogens (primary N) is 3. The van der Waals surface area contributed by atoms with Crippen molar-refractivity contribution in [2.24, 2.45) is 27.2 Å². The molecule has 7 nitrogen and oxygen atoms in total. The summed E-state index contributed by atoms with van der Waals surface area (Å²) in [5.74, 6) is -0.468. The molecule has 24 heavy (non-hydrogen) atoms. The number of hydrogen-bond acceptors (Lipinski definition) is 3. The minimum Gasteiger partial charge on any atom is -0.478 e. The van der Waals surface area contributed by atoms with Crippen molar-refractivity contribution in [1.82, 2.24) is 0 Å². The van der Waals surface area contributed by atoms with Gasteiger partial charge in [0.2, 0.25) is 5.96 Å². The Balaban J connectivity index is 2.05. The van der Waals surface area contributed by atoms with E-state index in [0.717, 1.165) is 10.5 Å². The van der Waals surface area contributed by atoms with E-state index in [-0.39, 0.29) is 11.9 Å². The van der Waals surface area contributed by atoms with Gasteiger partial charge in [0.1, 0.15) is 0 Å². The zero-order valence-corrected chi connectivity index (χ0v) is 13.5. The maximum Gasteiger partial charge on any atom is 0.336 e. The molecule has 0 atom stereocenters. The number of guanidine groups is 2. The van der Waals surface area contributed by atoms with Crippen molar-refractivity contribution in [3.05, 3.63) is 59.7 Å². The zero-order chi connectivity index (χ0) is 17.5. The first-order valence-electron chi connectivity index (χ1n) is 6.93. The van der Waals surface area contributed by atoms with Crippen LogP contribution < -0.4 is 17.2 Å². The predicted octanol–water partition coefficient (Wildman–Crippen LogP) is 1.90. The fraction of sp³-hybridized carbons (Fsp3) is 0.0625. The standard InChI is InChI=1S/C16H17N5O2S/c17-15(18)21-16(19)20-11-7-5-10(6-8-11)9-24-13-4-2-1-3-12(13)14(22)23/h1-8H,9H2,(H,22,23)(H6,17,18,19,20,21). The van der Waals surface area contributed by atoms with Crippen molar-refractivity contribution >= 4 is 35.3 Å². The topological polar surface area (TPSA) is 140 Å². The largest absolute Gasteiger partial charge is 0.478 e. The number of nitrogens with zero attached hydrogens (tertiary/aromatic N) is 2. The SMILES string of the molecule is NC(N)=NC(N)=Nc1ccc(CSc2ccccc2C(=O)O)cc1. The first kappa shape index (κ1) is 17.4. The van der Waals surface area contributed by atoms with Gasteiger partial charge < -0.3 is 22.3 Å². The summed E-state index contributed by atoms with van der Waals surface area (Å²) in [7, 11) is 0. The second-order valence-electron chi connectivity index (χ2n) is 4.76. The van der Waals surface area contributed by atoms with Gasteiger partial charge >= 0.3 is 5.97 Å². The van der Waals surface area contributed by atoms with Crippen LogP contribution in [0.1, 0.15) is 15.9 Å². The Morgan fingerprint density at radius 2 is 1.71 bits per heavy atom. The smallest absolute Gasteiger partial charge is 0.336 e. The highest BCUT2D eigenvalue weighted by atomic mass is 32.2. The third kappa shape index (κ3) is 5.03. The number of thioether (sulfide) groups is 1. The summed E-state index contributed by atoms with van der Waals surface area (Å²) in [4.78, 5) is 19.6. The van der Waals surface area contributed by atoms with Crippen LogP contribution >= 0.6 is 11.8 Å². The molecule has 0 spiro atoms. The molecule has 0 aliphatic rings. The van der Waals surface area contributed by atoms with Crippen molar-refractivity contribution in [3.8, 4) is 0 Å². The van der Waals surface area contributed by atoms with Gasteiger partial charge in [-0.3, -0.25) is 0 Å². The molecule has 0 radical (unpaired) electrons. The van der Waals surface area contributed by atoms with Gasteiger partial charge in [-0.2, -0.15) is 4.99 Å². The van der Waals surface area contributed by atoms with Gasteiger partial charge in [0.15, 0.2) is 5.96 Å². The van der Waals surface area contributed by atoms with Crippen molar-refractivity contribution in [2.45, 2.75) is 10.6 Å². The minimum absolute atomic E-state index is 0.0208. The van der Waals surface area contributed by atoms with E-state index in [9.17, 15) is 9.90 Å². The molecule has 124 valence electrons. The first-order valence-corrected chi connectivity index (χ1v) is 7.92. The third-order valence-electron chi connectivity index (χ3n) is 2.94. The molecule has 2 aromatic carbocycles. The molecule has 8 heteroatoms. The van der Waals surface area contributed by atoms with E-state index in [0.29, 0.717) is 17.0 Å². The van der Waals surface area contributed by atoms with Crippen molar-refractivity contribution < 1.29 is 9.90 Å². The van der Waals surface area contributed by atoms with E-state index >= 15 is 0 Å². The number of benzene rings is 2. The van der Waals surface area contributed by atoms with Crippen LogP contribution in [0, 0.1) is 0 Å². The quantitative estimate of drug-likeness (QED) is 0.371. The predicted molar refractivity (Wildman–Crippen MR) is 96.5 cm³/mol. The lowest BCUT2D eigenvalue weighted by molar-refractivity contribution is 0.0693. The molecule has 0 saturated carbocycles. The number of hydrogen-bond donors (Lipinski definition) is 4. The molecule has 0 saturated heterocycles. The highest BCUT2D eigenvalue weighted by molar-refractivity contribution is 7.98. The Bertz CT molecular complexity index is 783. The third-order valence-corrected chi connectivity index (χ3v) is 4.08. The number of aromatic carboxylic acids is 1. The second kappa shape index (κ2) is 8.02. The van der Waals surface area contributed by atoms with Gasteiger partial charge in [-0.1, -0.05) is 24.3 Å². The van der Waals surface area contributed by atoms with Gasteiger partial charge in [0.05, 0.1) is 11.3 Å². The summed E-state index contributed by atoms with van der Waals surface area (Å²) < 4.78 is 0. The number of carbonyl (C=O) groups is 1. The lowest BCUT2D eigenvalue weighted by atomic mass is 10.2. The first-order chi connectivity index (χ1) is 11.5. The molecule has 7 N–H and O–H groups in total. The highest BCUT2D eigenvalue weighted by Gasteiger charge is 2.09. The van der Waals surface area contributed by atoms with Gasteiger partial charge in [-0.25, -0.2) is 9.79 Å². The summed E-state index contributed by atoms with van der Waals surface area (Å²) in [6.07, 6.45) is 0. The van der Waals surface area contributed by atoms with Crippen LogP contribution in [0.3, 0.4) is 0 Å². The van der Waals surface area contributed by atoms with E-state index in [1.807, 2.05) is 18.2 Å². The Hall–Kier alpha value is -3.00. The number of aliphatic imine (C=N–C) groups is 2. The van der Waals surface area contributed by atoms with Crippen molar-refractivity contribution in [1.29, 1.82) is 0 Å². The second-order valence-corrected chi connectivity index (χ2v) is 5.78. The molecule has 0 unspecified atom stereocenters. The van der Waals surface area contributed by atoms with E-state index < -0.39 is 5.97 Å². The van der Waals surface area contributed by atoms with E-state index in [4.69, 9.17) is 17.2 Å². The van der Waals surface area contributed by atoms with E-state index in [1.54, 1.807) is 30.3 Å². The minimum atomic E-state index is -0.932. The van der Waals surface area contributed by atoms with Gasteiger partial charge in [-0.15, -0.1) is 11.8 Å². The van der Waals surface area contributed by atoms with Gasteiger partial charge in [0.25, 0.3) is 0 Å². The average molecular weight is 343 g/mol. The Morgan fingerprint density at radius 1 is 1.04 bits per heavy atom. The Labute approximate surface area is 143 Å². The van der Waals surface area contributed by atoms with Crippen LogP contribution in [-0.4, -0.2) is 23.0 Å². The Morgan fingerprint density at radius 3 is 2.33 bits per heavy atom. The monoisotopic (exact) mass is 343 g/mol. The fourth-order valence-corrected chi connectivity index (χ4v) is 2.89. The van der Waals surface area contributed by atoms with Crippen molar-refractivity contribution in [2.75, 3.05) is 0 Å². The zero-order valence-electron chi connectivity index (χ0n) is 12.7. The number of rotatable bonds is 5. The molecular weight excluding hydrogens is 326 g/mol. The van der Waals surface area contributed by atoms with Crippen LogP contribution in [-0.2, 0) is 5.75 Å². The molecule has 0 bridgehead atoms. The molecule has 0 aliphatic carbocycles. The lowest BCUT2D eigenvalue weighted by Crippen LogP contribution is -2.26. The van der Waals surface area contributed by atoms with E-state index in [2.05, 4.69) is 9.98 Å². The fourth-order valence-electron chi connectivity index (χ4n) is 1.89. The summed E-state index contributed by atoms with van der Waals surface area (Å²) in [6, 6.07) is 14.3. The summed E-state index contributed by atoms with van der Waals surface area (Å²) >= 11 is 1.46. The average Bonchev–Trinajstić information content (AvgIpc) is 2.53. The van der Waals surface area contributed by atoms with Crippen LogP contribution in [0.5, 0.6) is 0 Å². The summed E-state index contributed by atoms with van der Waals surface area (Å²) in [6.45, 7) is 0. The molecular formula is C16H17N5O2S. The number of carboxylic acid groups (broad SMARTS) is 1. The molecule has 0 aliphatic heterocycles. The maximum atomic E-state index is 11.2. The maximum absolute atomic E-state index is 11.2. The molecule has 0 fully saturated rings. The molecule has 2 aromatic rings. The normalized spacial score (nSPS) is 11.1. The molecule has 0 heterocycles. The molecule has 0 aromatic heterocycles. The van der Waals surface area contributed by atoms with Crippen LogP contribution in [0.15, 0.2) is 63.4 Å². The summed E-state index contributed by atoms with van der Waals surface area (Å²) in [5.41, 5.74) is 18.0. The van der Waals surface area contributed by atoms with E-state index in [1.165, 1.54) is 11.8 Å². The Kier molecular flexibility index (Phi) is 5.80. The lowest BCUT2D eigenvalue weighted by Gasteiger charge is -2.06. The summed E-state index contributed by atoms with van der Waals surface area (Å²) in [5, 5.41) is 9.18. The van der Waals surface area contributed by atoms with Gasteiger partial charge in [-0.05, 0) is 29.8 Å². The van der Waals surface area contributed by atoms with Crippen LogP contribution in [0.2, 0.25) is 0 Å². The highest BCUT2D eigenvalue weighted by Crippen LogP contribution is 2.27. The van der Waals surface area contributed by atoms with Crippen LogP contribution in [0.4, 0.5) is 5.69 Å². The van der Waals surface area contributed by atoms with Gasteiger partial charge in [0, 0.05) is 10.6 Å². The molecule has 0 amide bonds.